The minimum Gasteiger partial charge on any atom is -0.383 e. The summed E-state index contributed by atoms with van der Waals surface area (Å²) in [6.45, 7) is 2.28. The summed E-state index contributed by atoms with van der Waals surface area (Å²) >= 11 is 3.95. The maximum Gasteiger partial charge on any atom is 0.472 e. The Morgan fingerprint density at radius 1 is 1.30 bits per heavy atom. The third-order valence-corrected chi connectivity index (χ3v) is 4.43. The highest BCUT2D eigenvalue weighted by molar-refractivity contribution is 7.80. The van der Waals surface area contributed by atoms with Gasteiger partial charge in [-0.25, -0.2) is 4.57 Å². The molecule has 0 aromatic carbocycles. The molecule has 11 nitrogen and oxygen atoms in total. The monoisotopic (exact) mass is 429 g/mol. The van der Waals surface area contributed by atoms with Crippen molar-refractivity contribution in [1.29, 1.82) is 0 Å². The van der Waals surface area contributed by atoms with Gasteiger partial charge >= 0.3 is 7.82 Å². The van der Waals surface area contributed by atoms with Gasteiger partial charge in [0.2, 0.25) is 11.8 Å². The number of hydrogen-bond acceptors (Lipinski definition) is 9. The number of rotatable bonds is 14. The normalized spacial score (nSPS) is 16.1. The second-order valence-electron chi connectivity index (χ2n) is 6.34. The van der Waals surface area contributed by atoms with Crippen molar-refractivity contribution in [2.75, 3.05) is 32.1 Å². The molecule has 0 aliphatic carbocycles. The van der Waals surface area contributed by atoms with Crippen molar-refractivity contribution in [1.82, 2.24) is 10.6 Å². The second-order valence-corrected chi connectivity index (χ2v) is 8.24. The van der Waals surface area contributed by atoms with Gasteiger partial charge in [0, 0.05) is 30.7 Å². The molecule has 0 rings (SSSR count). The van der Waals surface area contributed by atoms with Crippen LogP contribution >= 0.6 is 20.5 Å². The van der Waals surface area contributed by atoms with E-state index in [-0.39, 0.29) is 18.9 Å². The molecule has 13 heteroatoms. The fourth-order valence-corrected chi connectivity index (χ4v) is 2.66. The molecule has 0 fully saturated rings. The van der Waals surface area contributed by atoms with Crippen LogP contribution in [0, 0.1) is 5.41 Å². The number of phosphoric ester groups is 1. The van der Waals surface area contributed by atoms with E-state index in [1.165, 1.54) is 13.8 Å². The zero-order valence-electron chi connectivity index (χ0n) is 15.3. The van der Waals surface area contributed by atoms with Gasteiger partial charge in [-0.1, -0.05) is 13.8 Å². The summed E-state index contributed by atoms with van der Waals surface area (Å²) in [7, 11) is -4.51. The summed E-state index contributed by atoms with van der Waals surface area (Å²) < 4.78 is 21.0. The number of nitrogens with two attached hydrogens (primary N) is 1. The maximum atomic E-state index is 12.0. The quantitative estimate of drug-likeness (QED) is 0.110. The smallest absolute Gasteiger partial charge is 0.383 e. The van der Waals surface area contributed by atoms with Crippen molar-refractivity contribution in [3.05, 3.63) is 0 Å². The number of aldehydes is 1. The van der Waals surface area contributed by atoms with Gasteiger partial charge in [0.1, 0.15) is 12.4 Å². The molecular weight excluding hydrogens is 401 g/mol. The van der Waals surface area contributed by atoms with E-state index in [1.807, 2.05) is 0 Å². The van der Waals surface area contributed by atoms with Crippen LogP contribution in [0.4, 0.5) is 0 Å². The van der Waals surface area contributed by atoms with E-state index in [0.717, 1.165) is 0 Å². The molecule has 6 N–H and O–H groups in total. The first-order valence-corrected chi connectivity index (χ1v) is 10.2. The minimum atomic E-state index is -4.51. The average molecular weight is 429 g/mol. The van der Waals surface area contributed by atoms with E-state index >= 15 is 0 Å². The number of amides is 2. The maximum absolute atomic E-state index is 12.0. The fraction of sp³-hybridized carbons (Fsp3) is 0.786. The fourth-order valence-electron chi connectivity index (χ4n) is 1.62. The first-order valence-electron chi connectivity index (χ1n) is 8.11. The van der Waals surface area contributed by atoms with Gasteiger partial charge in [-0.2, -0.15) is 12.6 Å². The molecule has 0 aromatic heterocycles. The van der Waals surface area contributed by atoms with Crippen molar-refractivity contribution in [3.8, 4) is 0 Å². The third kappa shape index (κ3) is 11.4. The van der Waals surface area contributed by atoms with Crippen LogP contribution in [0.1, 0.15) is 20.3 Å². The molecule has 0 aliphatic rings. The van der Waals surface area contributed by atoms with Crippen LogP contribution in [0.25, 0.3) is 0 Å². The molecule has 3 atom stereocenters. The molecule has 0 spiro atoms. The standard InChI is InChI=1S/C14H28N3O8PS/c1-14(2,9-25-26(22,23)24-8-10(15)7-18)12(20)13(21)17-4-3-11(19)16-5-6-27/h7,10,12,20,27H,3-6,8-9,15H2,1-2H3,(H,16,19)(H,17,21)(H,22,23). The summed E-state index contributed by atoms with van der Waals surface area (Å²) in [5.74, 6) is -0.541. The minimum absolute atomic E-state index is 0.0103. The van der Waals surface area contributed by atoms with Gasteiger partial charge in [0.15, 0.2) is 0 Å². The van der Waals surface area contributed by atoms with Crippen LogP contribution in [0.2, 0.25) is 0 Å². The number of nitrogens with one attached hydrogen (secondary N) is 2. The number of aliphatic hydroxyl groups excluding tert-OH is 1. The van der Waals surface area contributed by atoms with E-state index in [1.54, 1.807) is 0 Å². The highest BCUT2D eigenvalue weighted by atomic mass is 32.1. The SMILES string of the molecule is CC(C)(COP(=O)(O)OCC(N)C=O)C(O)C(=O)NCCC(=O)NCCS. The van der Waals surface area contributed by atoms with E-state index < -0.39 is 44.5 Å². The van der Waals surface area contributed by atoms with Gasteiger partial charge in [0.25, 0.3) is 0 Å². The Morgan fingerprint density at radius 2 is 1.93 bits per heavy atom. The molecule has 27 heavy (non-hydrogen) atoms. The highest BCUT2D eigenvalue weighted by Crippen LogP contribution is 2.45. The second kappa shape index (κ2) is 12.4. The first kappa shape index (κ1) is 26.0. The van der Waals surface area contributed by atoms with Crippen molar-refractivity contribution in [3.63, 3.8) is 0 Å². The van der Waals surface area contributed by atoms with Crippen molar-refractivity contribution in [2.45, 2.75) is 32.4 Å². The topological polar surface area (TPSA) is 177 Å². The van der Waals surface area contributed by atoms with Crippen molar-refractivity contribution < 1.29 is 38.0 Å². The van der Waals surface area contributed by atoms with E-state index in [4.69, 9.17) is 10.3 Å². The Hall–Kier alpha value is -1.01. The largest absolute Gasteiger partial charge is 0.472 e. The summed E-state index contributed by atoms with van der Waals surface area (Å²) in [6, 6.07) is -1.08. The molecule has 0 saturated heterocycles. The van der Waals surface area contributed by atoms with Gasteiger partial charge in [-0.05, 0) is 0 Å². The first-order chi connectivity index (χ1) is 12.4. The predicted octanol–water partition coefficient (Wildman–Crippen LogP) is -1.41. The van der Waals surface area contributed by atoms with Crippen LogP contribution < -0.4 is 16.4 Å². The summed E-state index contributed by atoms with van der Waals surface area (Å²) in [4.78, 5) is 43.3. The van der Waals surface area contributed by atoms with Crippen LogP contribution in [-0.2, 0) is 28.0 Å². The van der Waals surface area contributed by atoms with Crippen LogP contribution in [-0.4, -0.2) is 72.3 Å². The van der Waals surface area contributed by atoms with Crippen molar-refractivity contribution in [2.24, 2.45) is 11.1 Å². The Labute approximate surface area is 163 Å². The molecule has 2 amide bonds. The number of hydrogen-bond donors (Lipinski definition) is 6. The molecule has 158 valence electrons. The summed E-state index contributed by atoms with van der Waals surface area (Å²) in [6.07, 6.45) is -1.20. The molecular formula is C14H28N3O8PS. The number of aliphatic hydroxyl groups is 1. The Morgan fingerprint density at radius 3 is 2.48 bits per heavy atom. The van der Waals surface area contributed by atoms with Gasteiger partial charge < -0.3 is 31.2 Å². The lowest BCUT2D eigenvalue weighted by atomic mass is 9.87. The van der Waals surface area contributed by atoms with E-state index in [0.29, 0.717) is 18.6 Å². The number of carbonyl (C=O) groups excluding carboxylic acids is 3. The number of carbonyl (C=O) groups is 3. The van der Waals surface area contributed by atoms with Crippen LogP contribution in [0.15, 0.2) is 0 Å². The third-order valence-electron chi connectivity index (χ3n) is 3.28. The zero-order valence-corrected chi connectivity index (χ0v) is 17.1. The molecule has 3 unspecified atom stereocenters. The molecule has 0 aromatic rings. The lowest BCUT2D eigenvalue weighted by Gasteiger charge is -2.29. The predicted molar refractivity (Wildman–Crippen MR) is 100 cm³/mol. The lowest BCUT2D eigenvalue weighted by Crippen LogP contribution is -2.46. The molecule has 0 heterocycles. The van der Waals surface area contributed by atoms with E-state index in [2.05, 4.69) is 27.8 Å². The van der Waals surface area contributed by atoms with Gasteiger partial charge in [-0.15, -0.1) is 0 Å². The Kier molecular flexibility index (Phi) is 12.0. The summed E-state index contributed by atoms with van der Waals surface area (Å²) in [5.41, 5.74) is 4.00. The molecule has 0 saturated carbocycles. The Bertz CT molecular complexity index is 548. The molecule has 0 radical (unpaired) electrons. The zero-order chi connectivity index (χ0) is 21.1. The van der Waals surface area contributed by atoms with Crippen LogP contribution in [0.3, 0.4) is 0 Å². The summed E-state index contributed by atoms with van der Waals surface area (Å²) in [5, 5.41) is 15.1. The lowest BCUT2D eigenvalue weighted by molar-refractivity contribution is -0.137. The average Bonchev–Trinajstić information content (AvgIpc) is 2.62. The molecule has 0 bridgehead atoms. The number of thiol groups is 1. The van der Waals surface area contributed by atoms with Crippen molar-refractivity contribution >= 4 is 38.6 Å². The Balaban J connectivity index is 4.42. The highest BCUT2D eigenvalue weighted by Gasteiger charge is 2.36. The van der Waals surface area contributed by atoms with Gasteiger partial charge in [0.05, 0.1) is 19.3 Å². The van der Waals surface area contributed by atoms with Crippen LogP contribution in [0.5, 0.6) is 0 Å². The van der Waals surface area contributed by atoms with Gasteiger partial charge in [-0.3, -0.25) is 18.6 Å². The van der Waals surface area contributed by atoms with E-state index in [9.17, 15) is 28.9 Å². The molecule has 0 aliphatic heterocycles. The number of phosphoric acid groups is 1.